The van der Waals surface area contributed by atoms with Crippen LogP contribution in [0.4, 0.5) is 4.79 Å². The van der Waals surface area contributed by atoms with Gasteiger partial charge in [-0.3, -0.25) is 0 Å². The highest BCUT2D eigenvalue weighted by Crippen LogP contribution is 2.39. The number of amides is 1. The maximum atomic E-state index is 11.8. The molecule has 1 amide bonds. The van der Waals surface area contributed by atoms with E-state index in [4.69, 9.17) is 4.74 Å². The molecule has 1 aliphatic carbocycles. The molecule has 19 heavy (non-hydrogen) atoms. The fourth-order valence-electron chi connectivity index (χ4n) is 2.01. The summed E-state index contributed by atoms with van der Waals surface area (Å²) in [5.74, 6) is 0. The molecule has 0 aromatic heterocycles. The van der Waals surface area contributed by atoms with Crippen LogP contribution in [0.15, 0.2) is 24.3 Å². The van der Waals surface area contributed by atoms with Gasteiger partial charge in [-0.25, -0.2) is 4.79 Å². The van der Waals surface area contributed by atoms with Gasteiger partial charge >= 0.3 is 6.09 Å². The Kier molecular flexibility index (Phi) is 4.08. The molecule has 1 aromatic rings. The summed E-state index contributed by atoms with van der Waals surface area (Å²) in [4.78, 5) is 11.8. The summed E-state index contributed by atoms with van der Waals surface area (Å²) in [5, 5.41) is 3.02. The predicted molar refractivity (Wildman–Crippen MR) is 84.2 cm³/mol. The van der Waals surface area contributed by atoms with Gasteiger partial charge in [0.1, 0.15) is 5.60 Å². The molecule has 4 heteroatoms. The van der Waals surface area contributed by atoms with Crippen LogP contribution < -0.4 is 5.32 Å². The second-order valence-electron chi connectivity index (χ2n) is 6.21. The predicted octanol–water partition coefficient (Wildman–Crippen LogP) is 3.89. The zero-order chi connectivity index (χ0) is 14.1. The van der Waals surface area contributed by atoms with Crippen LogP contribution in [0.3, 0.4) is 0 Å². The van der Waals surface area contributed by atoms with Gasteiger partial charge in [0, 0.05) is 9.11 Å². The lowest BCUT2D eigenvalue weighted by molar-refractivity contribution is 0.0496. The molecule has 0 bridgehead atoms. The van der Waals surface area contributed by atoms with Crippen LogP contribution in [0.5, 0.6) is 0 Å². The number of alkyl carbamates (subject to hydrolysis) is 1. The number of benzene rings is 1. The molecule has 1 aromatic carbocycles. The Morgan fingerprint density at radius 1 is 1.32 bits per heavy atom. The first kappa shape index (κ1) is 14.6. The third kappa shape index (κ3) is 4.67. The molecule has 1 fully saturated rings. The van der Waals surface area contributed by atoms with Gasteiger partial charge in [-0.2, -0.15) is 0 Å². The lowest BCUT2D eigenvalue weighted by atomic mass is 10.0. The molecule has 2 rings (SSSR count). The third-order valence-corrected chi connectivity index (χ3v) is 3.79. The molecular weight excluding hydrogens is 353 g/mol. The summed E-state index contributed by atoms with van der Waals surface area (Å²) in [5.41, 5.74) is 0.729. The number of hydrogen-bond acceptors (Lipinski definition) is 2. The highest BCUT2D eigenvalue weighted by molar-refractivity contribution is 14.1. The monoisotopic (exact) mass is 373 g/mol. The maximum Gasteiger partial charge on any atom is 0.408 e. The normalized spacial score (nSPS) is 16.8. The Bertz CT molecular complexity index is 458. The summed E-state index contributed by atoms with van der Waals surface area (Å²) >= 11 is 2.29. The van der Waals surface area contributed by atoms with Gasteiger partial charge in [0.15, 0.2) is 0 Å². The van der Waals surface area contributed by atoms with Crippen molar-refractivity contribution in [3.05, 3.63) is 33.4 Å². The molecule has 1 N–H and O–H groups in total. The second-order valence-corrected chi connectivity index (χ2v) is 7.46. The number of ether oxygens (including phenoxy) is 1. The van der Waals surface area contributed by atoms with Crippen LogP contribution in [0.25, 0.3) is 0 Å². The van der Waals surface area contributed by atoms with E-state index in [0.29, 0.717) is 0 Å². The highest BCUT2D eigenvalue weighted by Gasteiger charge is 2.44. The molecular formula is C15H20INO2. The molecule has 0 aliphatic heterocycles. The van der Waals surface area contributed by atoms with Crippen molar-refractivity contribution in [3.8, 4) is 0 Å². The van der Waals surface area contributed by atoms with Crippen molar-refractivity contribution in [3.63, 3.8) is 0 Å². The van der Waals surface area contributed by atoms with E-state index in [-0.39, 0.29) is 11.6 Å². The Hall–Kier alpha value is -0.780. The van der Waals surface area contributed by atoms with Gasteiger partial charge < -0.3 is 10.1 Å². The van der Waals surface area contributed by atoms with Gasteiger partial charge in [-0.05, 0) is 80.3 Å². The number of hydrogen-bond donors (Lipinski definition) is 1. The van der Waals surface area contributed by atoms with E-state index < -0.39 is 5.60 Å². The minimum Gasteiger partial charge on any atom is -0.444 e. The fraction of sp³-hybridized carbons (Fsp3) is 0.533. The van der Waals surface area contributed by atoms with Crippen LogP contribution in [0.1, 0.15) is 39.2 Å². The van der Waals surface area contributed by atoms with Crippen molar-refractivity contribution in [1.82, 2.24) is 5.32 Å². The first-order valence-electron chi connectivity index (χ1n) is 6.54. The van der Waals surface area contributed by atoms with Crippen molar-refractivity contribution in [2.45, 2.75) is 51.2 Å². The smallest absolute Gasteiger partial charge is 0.408 e. The standard InChI is InChI=1S/C15H20INO2/c1-14(2,3)19-13(18)17-15(8-9-15)10-11-4-6-12(16)7-5-11/h4-7H,8-10H2,1-3H3,(H,17,18). The summed E-state index contributed by atoms with van der Waals surface area (Å²) in [6, 6.07) is 8.44. The van der Waals surface area contributed by atoms with Crippen molar-refractivity contribution in [1.29, 1.82) is 0 Å². The number of halogens is 1. The van der Waals surface area contributed by atoms with E-state index in [0.717, 1.165) is 19.3 Å². The first-order chi connectivity index (χ1) is 8.78. The second kappa shape index (κ2) is 5.31. The van der Waals surface area contributed by atoms with Gasteiger partial charge in [0.05, 0.1) is 0 Å². The molecule has 0 radical (unpaired) electrons. The van der Waals surface area contributed by atoms with Crippen LogP contribution >= 0.6 is 22.6 Å². The Morgan fingerprint density at radius 2 is 1.89 bits per heavy atom. The number of rotatable bonds is 3. The van der Waals surface area contributed by atoms with Crippen LogP contribution in [-0.2, 0) is 11.2 Å². The van der Waals surface area contributed by atoms with Crippen molar-refractivity contribution >= 4 is 28.7 Å². The van der Waals surface area contributed by atoms with Gasteiger partial charge in [0.25, 0.3) is 0 Å². The van der Waals surface area contributed by atoms with Crippen LogP contribution in [-0.4, -0.2) is 17.2 Å². The van der Waals surface area contributed by atoms with E-state index >= 15 is 0 Å². The molecule has 0 saturated heterocycles. The number of carbonyl (C=O) groups excluding carboxylic acids is 1. The van der Waals surface area contributed by atoms with E-state index in [1.807, 2.05) is 20.8 Å². The van der Waals surface area contributed by atoms with Gasteiger partial charge in [-0.15, -0.1) is 0 Å². The quantitative estimate of drug-likeness (QED) is 0.817. The average molecular weight is 373 g/mol. The molecule has 1 aliphatic rings. The summed E-state index contributed by atoms with van der Waals surface area (Å²) < 4.78 is 6.55. The first-order valence-corrected chi connectivity index (χ1v) is 7.62. The third-order valence-electron chi connectivity index (χ3n) is 3.08. The van der Waals surface area contributed by atoms with Crippen molar-refractivity contribution in [2.24, 2.45) is 0 Å². The molecule has 104 valence electrons. The minimum atomic E-state index is -0.441. The van der Waals surface area contributed by atoms with E-state index in [2.05, 4.69) is 52.2 Å². The van der Waals surface area contributed by atoms with E-state index in [9.17, 15) is 4.79 Å². The van der Waals surface area contributed by atoms with E-state index in [1.165, 1.54) is 9.13 Å². The van der Waals surface area contributed by atoms with Crippen molar-refractivity contribution in [2.75, 3.05) is 0 Å². The molecule has 0 heterocycles. The van der Waals surface area contributed by atoms with E-state index in [1.54, 1.807) is 0 Å². The number of carbonyl (C=O) groups is 1. The highest BCUT2D eigenvalue weighted by atomic mass is 127. The topological polar surface area (TPSA) is 38.3 Å². The molecule has 3 nitrogen and oxygen atoms in total. The molecule has 0 atom stereocenters. The largest absolute Gasteiger partial charge is 0.444 e. The number of nitrogens with one attached hydrogen (secondary N) is 1. The zero-order valence-corrected chi connectivity index (χ0v) is 13.8. The van der Waals surface area contributed by atoms with Crippen molar-refractivity contribution < 1.29 is 9.53 Å². The Morgan fingerprint density at radius 3 is 2.37 bits per heavy atom. The average Bonchev–Trinajstić information content (AvgIpc) is 2.98. The summed E-state index contributed by atoms with van der Waals surface area (Å²) in [6.07, 6.45) is 2.62. The minimum absolute atomic E-state index is 0.0882. The SMILES string of the molecule is CC(C)(C)OC(=O)NC1(Cc2ccc(I)cc2)CC1. The fourth-order valence-corrected chi connectivity index (χ4v) is 2.37. The molecule has 0 unspecified atom stereocenters. The van der Waals surface area contributed by atoms with Gasteiger partial charge in [0.2, 0.25) is 0 Å². The zero-order valence-electron chi connectivity index (χ0n) is 11.6. The summed E-state index contributed by atoms with van der Waals surface area (Å²) in [6.45, 7) is 5.64. The molecule has 1 saturated carbocycles. The Labute approximate surface area is 128 Å². The summed E-state index contributed by atoms with van der Waals surface area (Å²) in [7, 11) is 0. The van der Waals surface area contributed by atoms with Crippen LogP contribution in [0, 0.1) is 3.57 Å². The molecule has 0 spiro atoms. The maximum absolute atomic E-state index is 11.8. The van der Waals surface area contributed by atoms with Crippen LogP contribution in [0.2, 0.25) is 0 Å². The lowest BCUT2D eigenvalue weighted by Gasteiger charge is -2.23. The Balaban J connectivity index is 1.93. The lowest BCUT2D eigenvalue weighted by Crippen LogP contribution is -2.41. The van der Waals surface area contributed by atoms with Gasteiger partial charge in [-0.1, -0.05) is 12.1 Å².